The van der Waals surface area contributed by atoms with E-state index in [4.69, 9.17) is 9.47 Å². The molecular weight excluding hydrogens is 400 g/mol. The molecule has 0 aliphatic carbocycles. The Bertz CT molecular complexity index is 1210. The second-order valence-corrected chi connectivity index (χ2v) is 7.64. The highest BCUT2D eigenvalue weighted by molar-refractivity contribution is 7.14. The van der Waals surface area contributed by atoms with Gasteiger partial charge in [-0.05, 0) is 55.5 Å². The number of anilines is 1. The number of nitrogens with zero attached hydrogens (tertiary/aromatic N) is 3. The Labute approximate surface area is 176 Å². The molecule has 30 heavy (non-hydrogen) atoms. The number of aryl methyl sites for hydroxylation is 1. The Hall–Kier alpha value is -3.65. The number of hydrogen-bond donors (Lipinski definition) is 1. The van der Waals surface area contributed by atoms with E-state index in [1.165, 1.54) is 11.3 Å². The molecule has 0 unspecified atom stereocenters. The molecule has 0 radical (unpaired) electrons. The highest BCUT2D eigenvalue weighted by atomic mass is 32.1. The number of amides is 1. The van der Waals surface area contributed by atoms with Crippen LogP contribution >= 0.6 is 11.3 Å². The molecule has 0 saturated heterocycles. The lowest BCUT2D eigenvalue weighted by atomic mass is 10.1. The highest BCUT2D eigenvalue weighted by Crippen LogP contribution is 2.35. The number of fused-ring (bicyclic) bond motifs is 1. The van der Waals surface area contributed by atoms with Crippen LogP contribution in [0.1, 0.15) is 16.1 Å². The summed E-state index contributed by atoms with van der Waals surface area (Å²) in [7, 11) is 0. The third kappa shape index (κ3) is 3.53. The van der Waals surface area contributed by atoms with E-state index in [-0.39, 0.29) is 5.91 Å². The number of ether oxygens (including phenoxy) is 2. The highest BCUT2D eigenvalue weighted by Gasteiger charge is 2.15. The van der Waals surface area contributed by atoms with Gasteiger partial charge in [0, 0.05) is 28.4 Å². The zero-order valence-corrected chi connectivity index (χ0v) is 17.0. The molecule has 0 saturated carbocycles. The maximum atomic E-state index is 12.6. The van der Waals surface area contributed by atoms with Gasteiger partial charge < -0.3 is 9.47 Å². The van der Waals surface area contributed by atoms with Crippen LogP contribution in [0.3, 0.4) is 0 Å². The molecule has 0 atom stereocenters. The van der Waals surface area contributed by atoms with E-state index in [9.17, 15) is 4.79 Å². The fourth-order valence-electron chi connectivity index (χ4n) is 3.23. The van der Waals surface area contributed by atoms with Gasteiger partial charge in [0.1, 0.15) is 13.2 Å². The van der Waals surface area contributed by atoms with Gasteiger partial charge in [0.2, 0.25) is 0 Å². The smallest absolute Gasteiger partial charge is 0.257 e. The summed E-state index contributed by atoms with van der Waals surface area (Å²) in [6.45, 7) is 3.07. The summed E-state index contributed by atoms with van der Waals surface area (Å²) in [5, 5.41) is 9.59. The Kier molecular flexibility index (Phi) is 4.68. The van der Waals surface area contributed by atoms with Crippen LogP contribution in [0.25, 0.3) is 16.9 Å². The Morgan fingerprint density at radius 2 is 1.87 bits per heavy atom. The Balaban J connectivity index is 1.30. The van der Waals surface area contributed by atoms with Crippen LogP contribution in [0.15, 0.2) is 60.1 Å². The number of hydrogen-bond acceptors (Lipinski definition) is 6. The predicted octanol–water partition coefficient (Wildman–Crippen LogP) is 4.33. The molecule has 1 aliphatic heterocycles. The minimum absolute atomic E-state index is 0.207. The SMILES string of the molecule is Cc1ccnn1-c1ccc(C(=O)Nc2nc(-c3ccc4c(c3)OCCO4)cs2)cc1. The number of carbonyl (C=O) groups excluding carboxylic acids is 1. The Morgan fingerprint density at radius 1 is 1.07 bits per heavy atom. The van der Waals surface area contributed by atoms with E-state index >= 15 is 0 Å². The fraction of sp³-hybridized carbons (Fsp3) is 0.136. The summed E-state index contributed by atoms with van der Waals surface area (Å²) in [5.41, 5.74) is 4.18. The zero-order valence-electron chi connectivity index (χ0n) is 16.2. The average Bonchev–Trinajstić information content (AvgIpc) is 3.42. The minimum Gasteiger partial charge on any atom is -0.486 e. The first-order valence-corrected chi connectivity index (χ1v) is 10.3. The van der Waals surface area contributed by atoms with Crippen molar-refractivity contribution in [2.45, 2.75) is 6.92 Å². The first kappa shape index (κ1) is 18.4. The molecule has 0 bridgehead atoms. The maximum absolute atomic E-state index is 12.6. The predicted molar refractivity (Wildman–Crippen MR) is 115 cm³/mol. The van der Waals surface area contributed by atoms with Gasteiger partial charge in [-0.2, -0.15) is 5.10 Å². The average molecular weight is 418 g/mol. The van der Waals surface area contributed by atoms with Crippen molar-refractivity contribution in [1.82, 2.24) is 14.8 Å². The maximum Gasteiger partial charge on any atom is 0.257 e. The van der Waals surface area contributed by atoms with Gasteiger partial charge >= 0.3 is 0 Å². The van der Waals surface area contributed by atoms with Crippen LogP contribution in [-0.4, -0.2) is 33.9 Å². The first-order chi connectivity index (χ1) is 14.7. The second-order valence-electron chi connectivity index (χ2n) is 6.78. The van der Waals surface area contributed by atoms with Gasteiger partial charge in [-0.1, -0.05) is 0 Å². The van der Waals surface area contributed by atoms with Crippen molar-refractivity contribution >= 4 is 22.4 Å². The summed E-state index contributed by atoms with van der Waals surface area (Å²) >= 11 is 1.38. The summed E-state index contributed by atoms with van der Waals surface area (Å²) in [5.74, 6) is 1.24. The molecule has 1 aliphatic rings. The molecule has 4 aromatic rings. The van der Waals surface area contributed by atoms with E-state index in [1.807, 2.05) is 53.4 Å². The standard InChI is InChI=1S/C22H18N4O3S/c1-14-8-9-23-26(14)17-5-2-15(3-6-17)21(27)25-22-24-18(13-30-22)16-4-7-19-20(12-16)29-11-10-28-19/h2-9,12-13H,10-11H2,1H3,(H,24,25,27). The quantitative estimate of drug-likeness (QED) is 0.534. The van der Waals surface area contributed by atoms with Crippen molar-refractivity contribution in [3.05, 3.63) is 71.4 Å². The minimum atomic E-state index is -0.207. The van der Waals surface area contributed by atoms with Crippen LogP contribution < -0.4 is 14.8 Å². The van der Waals surface area contributed by atoms with Gasteiger partial charge in [-0.25, -0.2) is 9.67 Å². The normalized spacial score (nSPS) is 12.6. The Morgan fingerprint density at radius 3 is 2.63 bits per heavy atom. The van der Waals surface area contributed by atoms with Crippen molar-refractivity contribution < 1.29 is 14.3 Å². The van der Waals surface area contributed by atoms with E-state index in [2.05, 4.69) is 15.4 Å². The van der Waals surface area contributed by atoms with Gasteiger partial charge in [0.25, 0.3) is 5.91 Å². The molecule has 5 rings (SSSR count). The third-order valence-electron chi connectivity index (χ3n) is 4.77. The van der Waals surface area contributed by atoms with Crippen LogP contribution in [0.4, 0.5) is 5.13 Å². The van der Waals surface area contributed by atoms with E-state index < -0.39 is 0 Å². The summed E-state index contributed by atoms with van der Waals surface area (Å²) in [4.78, 5) is 17.2. The number of nitrogens with one attached hydrogen (secondary N) is 1. The summed E-state index contributed by atoms with van der Waals surface area (Å²) in [6, 6.07) is 15.0. The molecule has 0 fully saturated rings. The van der Waals surface area contributed by atoms with Crippen molar-refractivity contribution in [1.29, 1.82) is 0 Å². The lowest BCUT2D eigenvalue weighted by Crippen LogP contribution is -2.15. The van der Waals surface area contributed by atoms with Crippen LogP contribution in [0.5, 0.6) is 11.5 Å². The summed E-state index contributed by atoms with van der Waals surface area (Å²) in [6.07, 6.45) is 1.75. The second kappa shape index (κ2) is 7.64. The van der Waals surface area contributed by atoms with E-state index in [0.29, 0.717) is 29.7 Å². The number of benzene rings is 2. The molecule has 150 valence electrons. The molecule has 2 aromatic carbocycles. The van der Waals surface area contributed by atoms with Crippen molar-refractivity contribution in [2.75, 3.05) is 18.5 Å². The van der Waals surface area contributed by atoms with Crippen LogP contribution in [-0.2, 0) is 0 Å². The molecule has 1 N–H and O–H groups in total. The van der Waals surface area contributed by atoms with Crippen molar-refractivity contribution in [2.24, 2.45) is 0 Å². The van der Waals surface area contributed by atoms with Crippen LogP contribution in [0.2, 0.25) is 0 Å². The molecule has 8 heteroatoms. The number of aromatic nitrogens is 3. The zero-order chi connectivity index (χ0) is 20.5. The molecule has 1 amide bonds. The van der Waals surface area contributed by atoms with E-state index in [1.54, 1.807) is 18.3 Å². The molecule has 3 heterocycles. The summed E-state index contributed by atoms with van der Waals surface area (Å²) < 4.78 is 13.0. The third-order valence-corrected chi connectivity index (χ3v) is 5.53. The van der Waals surface area contributed by atoms with Gasteiger partial charge in [0.05, 0.1) is 11.4 Å². The largest absolute Gasteiger partial charge is 0.486 e. The molecule has 0 spiro atoms. The molecule has 7 nitrogen and oxygen atoms in total. The van der Waals surface area contributed by atoms with Crippen molar-refractivity contribution in [3.8, 4) is 28.4 Å². The topological polar surface area (TPSA) is 78.3 Å². The van der Waals surface area contributed by atoms with E-state index in [0.717, 1.165) is 28.4 Å². The van der Waals surface area contributed by atoms with Gasteiger partial charge in [-0.3, -0.25) is 10.1 Å². The van der Waals surface area contributed by atoms with Gasteiger partial charge in [0.15, 0.2) is 16.6 Å². The monoisotopic (exact) mass is 418 g/mol. The van der Waals surface area contributed by atoms with Gasteiger partial charge in [-0.15, -0.1) is 11.3 Å². The fourth-order valence-corrected chi connectivity index (χ4v) is 3.94. The molecular formula is C22H18N4O3S. The number of thiazole rings is 1. The lowest BCUT2D eigenvalue weighted by Gasteiger charge is -2.18. The first-order valence-electron chi connectivity index (χ1n) is 9.45. The molecule has 2 aromatic heterocycles. The number of carbonyl (C=O) groups is 1. The lowest BCUT2D eigenvalue weighted by molar-refractivity contribution is 0.102. The van der Waals surface area contributed by atoms with Crippen molar-refractivity contribution in [3.63, 3.8) is 0 Å². The van der Waals surface area contributed by atoms with Crippen LogP contribution in [0, 0.1) is 6.92 Å². The number of rotatable bonds is 4.